The van der Waals surface area contributed by atoms with E-state index in [1.54, 1.807) is 38.1 Å². The van der Waals surface area contributed by atoms with Gasteiger partial charge in [0.25, 0.3) is 10.0 Å². The maximum Gasteiger partial charge on any atom is 0.417 e. The van der Waals surface area contributed by atoms with E-state index in [1.807, 2.05) is 0 Å². The molecule has 3 rings (SSSR count). The number of alkyl halides is 3. The molecule has 0 heterocycles. The fraction of sp³-hybridized carbons (Fsp3) is 0.286. The first-order chi connectivity index (χ1) is 19.2. The predicted octanol–water partition coefficient (Wildman–Crippen LogP) is 6.07. The van der Waals surface area contributed by atoms with Crippen molar-refractivity contribution in [3.05, 3.63) is 93.5 Å². The van der Waals surface area contributed by atoms with Crippen molar-refractivity contribution in [1.29, 1.82) is 0 Å². The number of aryl methyl sites for hydroxylation is 1. The van der Waals surface area contributed by atoms with E-state index < -0.39 is 56.9 Å². The second-order valence-electron chi connectivity index (χ2n) is 9.17. The molecule has 0 aliphatic heterocycles. The number of anilines is 1. The zero-order valence-corrected chi connectivity index (χ0v) is 24.7. The fourth-order valence-corrected chi connectivity index (χ4v) is 5.79. The number of rotatable bonds is 10. The van der Waals surface area contributed by atoms with Crippen LogP contribution in [-0.2, 0) is 32.3 Å². The highest BCUT2D eigenvalue weighted by Crippen LogP contribution is 2.38. The lowest BCUT2D eigenvalue weighted by molar-refractivity contribution is -0.139. The van der Waals surface area contributed by atoms with Gasteiger partial charge in [0.2, 0.25) is 11.8 Å². The number of benzene rings is 3. The van der Waals surface area contributed by atoms with Crippen LogP contribution < -0.4 is 9.62 Å². The highest BCUT2D eigenvalue weighted by Gasteiger charge is 2.37. The Labute approximate surface area is 246 Å². The number of amides is 2. The lowest BCUT2D eigenvalue weighted by Gasteiger charge is -2.32. The van der Waals surface area contributed by atoms with E-state index in [4.69, 9.17) is 23.2 Å². The van der Waals surface area contributed by atoms with Crippen molar-refractivity contribution in [3.63, 3.8) is 0 Å². The first-order valence-electron chi connectivity index (χ1n) is 12.4. The normalized spacial score (nSPS) is 12.5. The summed E-state index contributed by atoms with van der Waals surface area (Å²) in [4.78, 5) is 27.5. The van der Waals surface area contributed by atoms with Gasteiger partial charge >= 0.3 is 6.18 Å². The van der Waals surface area contributed by atoms with Gasteiger partial charge in [0.05, 0.1) is 21.2 Å². The Hall–Kier alpha value is -3.28. The van der Waals surface area contributed by atoms with Crippen molar-refractivity contribution in [3.8, 4) is 0 Å². The molecule has 0 saturated carbocycles. The Morgan fingerprint density at radius 1 is 0.976 bits per heavy atom. The molecular formula is C28H28Cl2F3N3O4S. The van der Waals surface area contributed by atoms with E-state index in [0.717, 1.165) is 22.6 Å². The molecule has 1 atom stereocenters. The molecule has 1 unspecified atom stereocenters. The summed E-state index contributed by atoms with van der Waals surface area (Å²) < 4.78 is 69.3. The first kappa shape index (κ1) is 32.2. The Morgan fingerprint density at radius 2 is 1.61 bits per heavy atom. The minimum atomic E-state index is -4.89. The molecule has 41 heavy (non-hydrogen) atoms. The van der Waals surface area contributed by atoms with E-state index in [0.29, 0.717) is 21.0 Å². The number of hydrogen-bond donors (Lipinski definition) is 1. The molecule has 0 bridgehead atoms. The summed E-state index contributed by atoms with van der Waals surface area (Å²) in [5, 5.41) is 2.30. The van der Waals surface area contributed by atoms with Gasteiger partial charge in [-0.2, -0.15) is 13.2 Å². The highest BCUT2D eigenvalue weighted by atomic mass is 35.5. The molecule has 0 aliphatic carbocycles. The van der Waals surface area contributed by atoms with Crippen molar-refractivity contribution < 1.29 is 31.2 Å². The number of nitrogens with zero attached hydrogens (tertiary/aromatic N) is 2. The summed E-state index contributed by atoms with van der Waals surface area (Å²) in [6.07, 6.45) is -4.89. The summed E-state index contributed by atoms with van der Waals surface area (Å²) in [5.41, 5.74) is -0.465. The maximum absolute atomic E-state index is 13.8. The van der Waals surface area contributed by atoms with Crippen LogP contribution in [0.25, 0.3) is 0 Å². The highest BCUT2D eigenvalue weighted by molar-refractivity contribution is 7.92. The quantitative estimate of drug-likeness (QED) is 0.295. The molecule has 3 aromatic carbocycles. The Morgan fingerprint density at radius 3 is 2.20 bits per heavy atom. The third kappa shape index (κ3) is 7.72. The van der Waals surface area contributed by atoms with Crippen LogP contribution in [0.2, 0.25) is 10.0 Å². The van der Waals surface area contributed by atoms with Crippen molar-refractivity contribution in [2.75, 3.05) is 17.4 Å². The molecule has 2 amide bonds. The van der Waals surface area contributed by atoms with Crippen LogP contribution in [0, 0.1) is 6.92 Å². The number of carbonyl (C=O) groups is 2. The molecular weight excluding hydrogens is 602 g/mol. The fourth-order valence-electron chi connectivity index (χ4n) is 3.97. The number of carbonyl (C=O) groups excluding carboxylic acids is 2. The van der Waals surface area contributed by atoms with Gasteiger partial charge in [0, 0.05) is 18.1 Å². The number of nitrogens with one attached hydrogen (secondary N) is 1. The van der Waals surface area contributed by atoms with E-state index in [-0.39, 0.29) is 18.0 Å². The second kappa shape index (κ2) is 13.1. The van der Waals surface area contributed by atoms with Crippen molar-refractivity contribution in [2.45, 2.75) is 44.4 Å². The van der Waals surface area contributed by atoms with E-state index in [9.17, 15) is 31.2 Å². The first-order valence-corrected chi connectivity index (χ1v) is 14.6. The Kier molecular flexibility index (Phi) is 10.3. The van der Waals surface area contributed by atoms with Gasteiger partial charge in [0.1, 0.15) is 12.6 Å². The average molecular weight is 631 g/mol. The van der Waals surface area contributed by atoms with Gasteiger partial charge in [-0.05, 0) is 62.7 Å². The van der Waals surface area contributed by atoms with Crippen LogP contribution in [0.4, 0.5) is 18.9 Å². The van der Waals surface area contributed by atoms with E-state index in [2.05, 4.69) is 5.32 Å². The zero-order chi connectivity index (χ0) is 30.5. The van der Waals surface area contributed by atoms with Gasteiger partial charge in [-0.15, -0.1) is 0 Å². The summed E-state index contributed by atoms with van der Waals surface area (Å²) in [7, 11) is -4.56. The third-order valence-corrected chi connectivity index (χ3v) is 8.73. The summed E-state index contributed by atoms with van der Waals surface area (Å²) in [6, 6.07) is 13.7. The van der Waals surface area contributed by atoms with Crippen molar-refractivity contribution in [1.82, 2.24) is 10.2 Å². The molecule has 0 radical (unpaired) electrons. The van der Waals surface area contributed by atoms with Gasteiger partial charge < -0.3 is 10.2 Å². The van der Waals surface area contributed by atoms with Crippen LogP contribution in [0.15, 0.2) is 71.6 Å². The zero-order valence-electron chi connectivity index (χ0n) is 22.4. The van der Waals surface area contributed by atoms with Crippen molar-refractivity contribution >= 4 is 50.7 Å². The van der Waals surface area contributed by atoms with Crippen molar-refractivity contribution in [2.24, 2.45) is 0 Å². The Balaban J connectivity index is 2.14. The molecule has 0 aromatic heterocycles. The van der Waals surface area contributed by atoms with Crippen LogP contribution >= 0.6 is 23.2 Å². The SMILES string of the molecule is CCNC(=O)C(C)N(Cc1ccccc1Cl)C(=O)CN(c1ccc(Cl)c(C(F)(F)F)c1)S(=O)(=O)c1ccc(C)cc1. The average Bonchev–Trinajstić information content (AvgIpc) is 2.91. The number of likely N-dealkylation sites (N-methyl/N-ethyl adjacent to an activating group) is 1. The molecule has 0 saturated heterocycles. The standard InChI is InChI=1S/C28H28Cl2F3N3O4S/c1-4-34-27(38)19(3)35(16-20-7-5-6-8-24(20)29)26(37)17-36(41(39,40)22-12-9-18(2)10-13-22)21-11-14-25(30)23(15-21)28(31,32)33/h5-15,19H,4,16-17H2,1-3H3,(H,34,38). The largest absolute Gasteiger partial charge is 0.417 e. The van der Waals surface area contributed by atoms with Crippen LogP contribution in [0.5, 0.6) is 0 Å². The van der Waals surface area contributed by atoms with E-state index in [1.165, 1.54) is 31.2 Å². The molecule has 13 heteroatoms. The van der Waals surface area contributed by atoms with Gasteiger partial charge in [-0.3, -0.25) is 13.9 Å². The summed E-state index contributed by atoms with van der Waals surface area (Å²) in [5.74, 6) is -1.35. The molecule has 7 nitrogen and oxygen atoms in total. The van der Waals surface area contributed by atoms with Crippen LogP contribution in [0.3, 0.4) is 0 Å². The smallest absolute Gasteiger partial charge is 0.355 e. The molecule has 220 valence electrons. The van der Waals surface area contributed by atoms with E-state index >= 15 is 0 Å². The monoisotopic (exact) mass is 629 g/mol. The molecule has 0 fully saturated rings. The third-order valence-electron chi connectivity index (χ3n) is 6.25. The lowest BCUT2D eigenvalue weighted by atomic mass is 10.1. The van der Waals surface area contributed by atoms with Crippen LogP contribution in [0.1, 0.15) is 30.5 Å². The maximum atomic E-state index is 13.8. The topological polar surface area (TPSA) is 86.8 Å². The van der Waals surface area contributed by atoms with Crippen LogP contribution in [-0.4, -0.2) is 44.3 Å². The summed E-state index contributed by atoms with van der Waals surface area (Å²) in [6.45, 7) is 4.09. The second-order valence-corrected chi connectivity index (χ2v) is 11.8. The van der Waals surface area contributed by atoms with Gasteiger partial charge in [-0.25, -0.2) is 8.42 Å². The lowest BCUT2D eigenvalue weighted by Crippen LogP contribution is -2.51. The predicted molar refractivity (Wildman–Crippen MR) is 152 cm³/mol. The number of hydrogen-bond acceptors (Lipinski definition) is 4. The summed E-state index contributed by atoms with van der Waals surface area (Å²) >= 11 is 12.1. The minimum Gasteiger partial charge on any atom is -0.355 e. The molecule has 3 aromatic rings. The van der Waals surface area contributed by atoms with Gasteiger partial charge in [0.15, 0.2) is 0 Å². The minimum absolute atomic E-state index is 0.163. The van der Waals surface area contributed by atoms with Gasteiger partial charge in [-0.1, -0.05) is 59.1 Å². The molecule has 0 spiro atoms. The Bertz CT molecular complexity index is 1520. The number of sulfonamides is 1. The molecule has 1 N–H and O–H groups in total. The number of halogens is 5. The molecule has 0 aliphatic rings.